The van der Waals surface area contributed by atoms with E-state index in [2.05, 4.69) is 0 Å². The number of benzene rings is 1. The van der Waals surface area contributed by atoms with Gasteiger partial charge in [-0.3, -0.25) is 4.55 Å². The molecule has 0 aliphatic carbocycles. The van der Waals surface area contributed by atoms with Crippen LogP contribution in [0.2, 0.25) is 0 Å². The van der Waals surface area contributed by atoms with Gasteiger partial charge in [0.05, 0.1) is 4.90 Å². The molecule has 0 amide bonds. The predicted molar refractivity (Wildman–Crippen MR) is 42.4 cm³/mol. The largest absolute Gasteiger partial charge is 1.00 e. The Balaban J connectivity index is -0.000000333. The van der Waals surface area contributed by atoms with Crippen molar-refractivity contribution in [2.45, 2.75) is 4.90 Å². The third kappa shape index (κ3) is 4.68. The number of hydrogen-bond acceptors (Lipinski definition) is 3. The summed E-state index contributed by atoms with van der Waals surface area (Å²) in [5.41, 5.74) is 0. The van der Waals surface area contributed by atoms with E-state index in [0.717, 1.165) is 0 Å². The fourth-order valence-electron chi connectivity index (χ4n) is 0.592. The Morgan fingerprint density at radius 1 is 1.17 bits per heavy atom. The van der Waals surface area contributed by atoms with Gasteiger partial charge in [0.1, 0.15) is 0 Å². The van der Waals surface area contributed by atoms with E-state index >= 15 is 0 Å². The summed E-state index contributed by atoms with van der Waals surface area (Å²) < 4.78 is 29.2. The monoisotopic (exact) mass is 215 g/mol. The molecule has 0 spiro atoms. The van der Waals surface area contributed by atoms with Crippen molar-refractivity contribution in [1.29, 1.82) is 0 Å². The van der Waals surface area contributed by atoms with E-state index in [0.29, 0.717) is 0 Å². The smallest absolute Gasteiger partial charge is 1.00 e. The summed E-state index contributed by atoms with van der Waals surface area (Å²) in [6.45, 7) is 0. The first kappa shape index (κ1) is 15.2. The molecule has 0 aliphatic heterocycles. The molecule has 4 N–H and O–H groups in total. The first-order chi connectivity index (χ1) is 4.61. The van der Waals surface area contributed by atoms with Crippen LogP contribution in [0.25, 0.3) is 0 Å². The van der Waals surface area contributed by atoms with E-state index in [1.54, 1.807) is 18.2 Å². The van der Waals surface area contributed by atoms with Crippen molar-refractivity contribution in [2.75, 3.05) is 0 Å². The standard InChI is InChI=1S/C6H6O3S.K.H3N.H/c7-10(8,9)6-4-2-1-3-5-6;;;/h1-5H,(H,7,8,9);;1H3;/q;+1;;-1. The normalized spacial score (nSPS) is 9.42. The summed E-state index contributed by atoms with van der Waals surface area (Å²) >= 11 is 0. The van der Waals surface area contributed by atoms with Crippen molar-refractivity contribution >= 4 is 10.1 Å². The first-order valence-electron chi connectivity index (χ1n) is 2.63. The van der Waals surface area contributed by atoms with Crippen LogP contribution < -0.4 is 57.5 Å². The zero-order valence-corrected chi connectivity index (χ0v) is 10.7. The van der Waals surface area contributed by atoms with Crippen molar-refractivity contribution in [1.82, 2.24) is 6.15 Å². The molecule has 1 rings (SSSR count). The second-order valence-electron chi connectivity index (χ2n) is 1.79. The van der Waals surface area contributed by atoms with Gasteiger partial charge in [0, 0.05) is 0 Å². The molecule has 0 unspecified atom stereocenters. The van der Waals surface area contributed by atoms with Gasteiger partial charge < -0.3 is 7.58 Å². The molecule has 1 aromatic rings. The SMILES string of the molecule is N.O=S(=O)(O)c1ccccc1.[H-].[K+]. The molecule has 6 heteroatoms. The topological polar surface area (TPSA) is 89.4 Å². The third-order valence-electron chi connectivity index (χ3n) is 1.04. The third-order valence-corrected chi connectivity index (χ3v) is 1.91. The zero-order chi connectivity index (χ0) is 7.61. The molecular weight excluding hydrogens is 205 g/mol. The van der Waals surface area contributed by atoms with Crippen LogP contribution in [-0.4, -0.2) is 13.0 Å². The van der Waals surface area contributed by atoms with Gasteiger partial charge in [-0.2, -0.15) is 8.42 Å². The average Bonchev–Trinajstić information content (AvgIpc) is 1.88. The zero-order valence-electron chi connectivity index (χ0n) is 7.77. The summed E-state index contributed by atoms with van der Waals surface area (Å²) in [7, 11) is -4.00. The van der Waals surface area contributed by atoms with Crippen LogP contribution in [0.4, 0.5) is 0 Å². The van der Waals surface area contributed by atoms with E-state index < -0.39 is 10.1 Å². The van der Waals surface area contributed by atoms with E-state index in [9.17, 15) is 8.42 Å². The van der Waals surface area contributed by atoms with E-state index in [1.807, 2.05) is 0 Å². The Bertz CT molecular complexity index is 316. The van der Waals surface area contributed by atoms with Crippen LogP contribution in [0, 0.1) is 0 Å². The fourth-order valence-corrected chi connectivity index (χ4v) is 1.09. The minimum atomic E-state index is -4.00. The number of hydrogen-bond donors (Lipinski definition) is 2. The number of rotatable bonds is 1. The van der Waals surface area contributed by atoms with Crippen LogP contribution in [0.15, 0.2) is 35.2 Å². The van der Waals surface area contributed by atoms with Crippen LogP contribution >= 0.6 is 0 Å². The first-order valence-corrected chi connectivity index (χ1v) is 4.07. The maximum Gasteiger partial charge on any atom is 1.00 e. The van der Waals surface area contributed by atoms with Crippen molar-refractivity contribution in [3.8, 4) is 0 Å². The van der Waals surface area contributed by atoms with Gasteiger partial charge in [-0.1, -0.05) is 18.2 Å². The maximum absolute atomic E-state index is 10.4. The quantitative estimate of drug-likeness (QED) is 0.428. The van der Waals surface area contributed by atoms with Crippen molar-refractivity contribution in [3.05, 3.63) is 30.3 Å². The Kier molecular flexibility index (Phi) is 7.89. The summed E-state index contributed by atoms with van der Waals surface area (Å²) in [4.78, 5) is -0.0741. The van der Waals surface area contributed by atoms with Crippen LogP contribution in [-0.2, 0) is 10.1 Å². The molecule has 4 nitrogen and oxygen atoms in total. The molecule has 0 aromatic heterocycles. The molecule has 0 radical (unpaired) electrons. The Morgan fingerprint density at radius 3 is 1.83 bits per heavy atom. The van der Waals surface area contributed by atoms with E-state index in [1.165, 1.54) is 12.1 Å². The summed E-state index contributed by atoms with van der Waals surface area (Å²) in [5.74, 6) is 0. The summed E-state index contributed by atoms with van der Waals surface area (Å²) in [6, 6.07) is 7.42. The maximum atomic E-state index is 10.4. The molecule has 64 valence electrons. The van der Waals surface area contributed by atoms with Crippen molar-refractivity contribution < 1.29 is 65.8 Å². The van der Waals surface area contributed by atoms with E-state index in [-0.39, 0.29) is 63.9 Å². The Hall–Kier alpha value is 0.726. The molecule has 12 heavy (non-hydrogen) atoms. The van der Waals surface area contributed by atoms with Crippen LogP contribution in [0.1, 0.15) is 1.43 Å². The van der Waals surface area contributed by atoms with Gasteiger partial charge in [-0.05, 0) is 12.1 Å². The van der Waals surface area contributed by atoms with Crippen LogP contribution in [0.5, 0.6) is 0 Å². The van der Waals surface area contributed by atoms with Gasteiger partial charge in [0.15, 0.2) is 0 Å². The van der Waals surface area contributed by atoms with Gasteiger partial charge in [-0.25, -0.2) is 0 Å². The van der Waals surface area contributed by atoms with Crippen LogP contribution in [0.3, 0.4) is 0 Å². The molecular formula is C6H10KNO3S. The second-order valence-corrected chi connectivity index (χ2v) is 3.21. The van der Waals surface area contributed by atoms with Gasteiger partial charge in [-0.15, -0.1) is 0 Å². The minimum absolute atomic E-state index is 0. The Labute approximate surface area is 116 Å². The van der Waals surface area contributed by atoms with Crippen molar-refractivity contribution in [3.63, 3.8) is 0 Å². The Morgan fingerprint density at radius 2 is 1.58 bits per heavy atom. The summed E-state index contributed by atoms with van der Waals surface area (Å²) in [5, 5.41) is 0. The predicted octanol–water partition coefficient (Wildman–Crippen LogP) is -1.79. The molecule has 0 atom stereocenters. The molecule has 0 aliphatic rings. The van der Waals surface area contributed by atoms with Crippen molar-refractivity contribution in [2.24, 2.45) is 0 Å². The van der Waals surface area contributed by atoms with Gasteiger partial charge in [0.2, 0.25) is 0 Å². The summed E-state index contributed by atoms with van der Waals surface area (Å²) in [6.07, 6.45) is 0. The molecule has 1 aromatic carbocycles. The molecule has 0 saturated heterocycles. The fraction of sp³-hybridized carbons (Fsp3) is 0. The van der Waals surface area contributed by atoms with E-state index in [4.69, 9.17) is 4.55 Å². The van der Waals surface area contributed by atoms with Gasteiger partial charge >= 0.3 is 51.4 Å². The van der Waals surface area contributed by atoms with Gasteiger partial charge in [0.25, 0.3) is 10.1 Å². The second kappa shape index (κ2) is 6.22. The molecule has 0 fully saturated rings. The molecule has 0 heterocycles. The minimum Gasteiger partial charge on any atom is -1.00 e. The molecule has 0 bridgehead atoms. The average molecular weight is 215 g/mol. The molecule has 0 saturated carbocycles.